The second-order valence-corrected chi connectivity index (χ2v) is 22.1. The van der Waals surface area contributed by atoms with Crippen molar-refractivity contribution in [3.05, 3.63) is 0 Å². The Kier molecular flexibility index (Phi) is 58.4. The van der Waals surface area contributed by atoms with Crippen LogP contribution in [0, 0.1) is 0 Å². The highest BCUT2D eigenvalue weighted by Crippen LogP contribution is 2.19. The molecular weight excluding hydrogens is 851 g/mol. The van der Waals surface area contributed by atoms with Crippen molar-refractivity contribution in [1.29, 1.82) is 0 Å². The summed E-state index contributed by atoms with van der Waals surface area (Å²) in [6.45, 7) is 4.99. The van der Waals surface area contributed by atoms with E-state index in [0.29, 0.717) is 25.9 Å². The molecule has 2 unspecified atom stereocenters. The predicted octanol–water partition coefficient (Wildman–Crippen LogP) is 19.9. The molecule has 0 aromatic carbocycles. The van der Waals surface area contributed by atoms with Gasteiger partial charge in [-0.3, -0.25) is 9.59 Å². The Morgan fingerprint density at radius 1 is 0.348 bits per heavy atom. The Hall–Kier alpha value is -1.14. The van der Waals surface area contributed by atoms with Gasteiger partial charge in [-0.25, -0.2) is 0 Å². The van der Waals surface area contributed by atoms with Crippen molar-refractivity contribution >= 4 is 11.9 Å². The van der Waals surface area contributed by atoms with Gasteiger partial charge in [-0.1, -0.05) is 328 Å². The molecular formula is C63H125NO5. The maximum Gasteiger partial charge on any atom is 0.305 e. The van der Waals surface area contributed by atoms with Crippen LogP contribution in [-0.4, -0.2) is 47.4 Å². The third-order valence-electron chi connectivity index (χ3n) is 15.2. The Morgan fingerprint density at radius 2 is 0.594 bits per heavy atom. The lowest BCUT2D eigenvalue weighted by Gasteiger charge is -2.22. The molecule has 0 saturated heterocycles. The first-order valence-electron chi connectivity index (χ1n) is 31.8. The molecule has 1 amide bonds. The molecule has 412 valence electrons. The Morgan fingerprint density at radius 3 is 0.884 bits per heavy atom. The second kappa shape index (κ2) is 59.4. The summed E-state index contributed by atoms with van der Waals surface area (Å²) in [4.78, 5) is 24.6. The maximum atomic E-state index is 12.5. The van der Waals surface area contributed by atoms with Crippen LogP contribution >= 0.6 is 0 Å². The van der Waals surface area contributed by atoms with Crippen molar-refractivity contribution in [3.8, 4) is 0 Å². The fraction of sp³-hybridized carbons (Fsp3) is 0.968. The van der Waals surface area contributed by atoms with Crippen LogP contribution in [0.15, 0.2) is 0 Å². The molecule has 0 heterocycles. The van der Waals surface area contributed by atoms with Crippen molar-refractivity contribution < 1.29 is 24.5 Å². The summed E-state index contributed by atoms with van der Waals surface area (Å²) in [5.41, 5.74) is 0. The molecule has 6 nitrogen and oxygen atoms in total. The van der Waals surface area contributed by atoms with Gasteiger partial charge < -0.3 is 20.3 Å². The van der Waals surface area contributed by atoms with Crippen molar-refractivity contribution in [2.45, 2.75) is 379 Å². The highest BCUT2D eigenvalue weighted by atomic mass is 16.5. The Bertz CT molecular complexity index is 990. The van der Waals surface area contributed by atoms with Crippen LogP contribution < -0.4 is 5.32 Å². The van der Waals surface area contributed by atoms with Crippen LogP contribution in [0.25, 0.3) is 0 Å². The van der Waals surface area contributed by atoms with Crippen molar-refractivity contribution in [2.24, 2.45) is 0 Å². The number of hydrogen-bond acceptors (Lipinski definition) is 5. The first-order chi connectivity index (χ1) is 34.0. The molecule has 0 aromatic heterocycles. The average Bonchev–Trinajstić information content (AvgIpc) is 3.35. The fourth-order valence-electron chi connectivity index (χ4n) is 10.3. The van der Waals surface area contributed by atoms with Gasteiger partial charge in [0.2, 0.25) is 5.91 Å². The normalized spacial score (nSPS) is 12.5. The van der Waals surface area contributed by atoms with Gasteiger partial charge in [-0.15, -0.1) is 0 Å². The van der Waals surface area contributed by atoms with Gasteiger partial charge in [-0.2, -0.15) is 0 Å². The minimum absolute atomic E-state index is 0.0126. The average molecular weight is 977 g/mol. The van der Waals surface area contributed by atoms with Gasteiger partial charge >= 0.3 is 5.97 Å². The maximum absolute atomic E-state index is 12.5. The van der Waals surface area contributed by atoms with Crippen LogP contribution in [0.5, 0.6) is 0 Å². The van der Waals surface area contributed by atoms with E-state index < -0.39 is 12.1 Å². The number of unbranched alkanes of at least 4 members (excludes halogenated alkanes) is 49. The summed E-state index contributed by atoms with van der Waals surface area (Å²) in [5, 5.41) is 23.4. The van der Waals surface area contributed by atoms with Gasteiger partial charge in [0.1, 0.15) is 0 Å². The van der Waals surface area contributed by atoms with E-state index in [4.69, 9.17) is 4.74 Å². The molecule has 2 atom stereocenters. The topological polar surface area (TPSA) is 95.9 Å². The van der Waals surface area contributed by atoms with Gasteiger partial charge in [0.25, 0.3) is 0 Å². The number of aliphatic hydroxyl groups is 2. The first kappa shape index (κ1) is 67.9. The summed E-state index contributed by atoms with van der Waals surface area (Å²) >= 11 is 0. The zero-order valence-corrected chi connectivity index (χ0v) is 47.1. The summed E-state index contributed by atoms with van der Waals surface area (Å²) in [5.74, 6) is -0.0207. The van der Waals surface area contributed by atoms with Gasteiger partial charge in [0.05, 0.1) is 25.4 Å². The van der Waals surface area contributed by atoms with Crippen LogP contribution in [-0.2, 0) is 14.3 Å². The molecule has 0 spiro atoms. The summed E-state index contributed by atoms with van der Waals surface area (Å²) in [6, 6.07) is -0.543. The van der Waals surface area contributed by atoms with E-state index in [0.717, 1.165) is 38.5 Å². The molecule has 0 aromatic rings. The number of amides is 1. The summed E-state index contributed by atoms with van der Waals surface area (Å²) in [7, 11) is 0. The number of rotatable bonds is 60. The standard InChI is InChI=1S/C63H125NO5/c1-3-5-7-9-11-13-15-17-19-20-22-25-28-31-35-39-43-47-51-55-61(66)60(59-65)64-62(67)56-52-48-44-40-36-32-29-26-23-21-24-27-30-34-38-42-46-50-54-58-69-63(68)57-53-49-45-41-37-33-18-16-14-12-10-8-6-4-2/h60-61,65-66H,3-59H2,1-2H3,(H,64,67). The third-order valence-corrected chi connectivity index (χ3v) is 15.2. The van der Waals surface area contributed by atoms with E-state index in [1.54, 1.807) is 0 Å². The van der Waals surface area contributed by atoms with E-state index in [1.807, 2.05) is 0 Å². The quantitative estimate of drug-likeness (QED) is 0.0417. The molecule has 0 fully saturated rings. The summed E-state index contributed by atoms with van der Waals surface area (Å²) in [6.07, 6.45) is 69.7. The molecule has 0 saturated carbocycles. The van der Waals surface area contributed by atoms with Gasteiger partial charge in [-0.05, 0) is 25.7 Å². The lowest BCUT2D eigenvalue weighted by atomic mass is 10.0. The highest BCUT2D eigenvalue weighted by molar-refractivity contribution is 5.76. The Balaban J connectivity index is 3.38. The summed E-state index contributed by atoms with van der Waals surface area (Å²) < 4.78 is 5.49. The van der Waals surface area contributed by atoms with E-state index >= 15 is 0 Å². The molecule has 3 N–H and O–H groups in total. The first-order valence-corrected chi connectivity index (χ1v) is 31.8. The minimum atomic E-state index is -0.666. The molecule has 69 heavy (non-hydrogen) atoms. The number of carbonyl (C=O) groups is 2. The number of ether oxygens (including phenoxy) is 1. The monoisotopic (exact) mass is 976 g/mol. The smallest absolute Gasteiger partial charge is 0.305 e. The number of aliphatic hydroxyl groups excluding tert-OH is 2. The lowest BCUT2D eigenvalue weighted by Crippen LogP contribution is -2.45. The zero-order valence-electron chi connectivity index (χ0n) is 47.1. The van der Waals surface area contributed by atoms with Crippen LogP contribution in [0.2, 0.25) is 0 Å². The SMILES string of the molecule is CCCCCCCCCCCCCCCCCCCCCC(O)C(CO)NC(=O)CCCCCCCCCCCCCCCCCCCCCOC(=O)CCCCCCCCCCCCCCCC. The van der Waals surface area contributed by atoms with E-state index in [9.17, 15) is 19.8 Å². The lowest BCUT2D eigenvalue weighted by molar-refractivity contribution is -0.143. The van der Waals surface area contributed by atoms with Gasteiger partial charge in [0, 0.05) is 12.8 Å². The largest absolute Gasteiger partial charge is 0.466 e. The molecule has 0 radical (unpaired) electrons. The molecule has 0 aliphatic heterocycles. The Labute approximate surface area is 432 Å². The van der Waals surface area contributed by atoms with E-state index in [-0.39, 0.29) is 18.5 Å². The predicted molar refractivity (Wildman–Crippen MR) is 301 cm³/mol. The van der Waals surface area contributed by atoms with Crippen molar-refractivity contribution in [1.82, 2.24) is 5.32 Å². The van der Waals surface area contributed by atoms with Crippen LogP contribution in [0.1, 0.15) is 367 Å². The van der Waals surface area contributed by atoms with Crippen molar-refractivity contribution in [2.75, 3.05) is 13.2 Å². The molecule has 0 bridgehead atoms. The third kappa shape index (κ3) is 56.0. The van der Waals surface area contributed by atoms with Crippen molar-refractivity contribution in [3.63, 3.8) is 0 Å². The van der Waals surface area contributed by atoms with Crippen LogP contribution in [0.4, 0.5) is 0 Å². The fourth-order valence-corrected chi connectivity index (χ4v) is 10.3. The second-order valence-electron chi connectivity index (χ2n) is 22.1. The highest BCUT2D eigenvalue weighted by Gasteiger charge is 2.20. The minimum Gasteiger partial charge on any atom is -0.466 e. The number of nitrogens with one attached hydrogen (secondary N) is 1. The van der Waals surface area contributed by atoms with E-state index in [2.05, 4.69) is 19.2 Å². The zero-order chi connectivity index (χ0) is 50.0. The molecule has 0 rings (SSSR count). The van der Waals surface area contributed by atoms with E-state index in [1.165, 1.54) is 295 Å². The number of esters is 1. The molecule has 0 aliphatic carbocycles. The molecule has 6 heteroatoms. The van der Waals surface area contributed by atoms with Crippen LogP contribution in [0.3, 0.4) is 0 Å². The molecule has 0 aliphatic rings. The number of hydrogen-bond donors (Lipinski definition) is 3. The number of carbonyl (C=O) groups excluding carboxylic acids is 2. The van der Waals surface area contributed by atoms with Gasteiger partial charge in [0.15, 0.2) is 0 Å².